The van der Waals surface area contributed by atoms with Crippen molar-refractivity contribution in [2.45, 2.75) is 58.4 Å². The zero-order chi connectivity index (χ0) is 22.5. The fourth-order valence-electron chi connectivity index (χ4n) is 4.78. The van der Waals surface area contributed by atoms with Crippen LogP contribution in [0.15, 0.2) is 16.6 Å². The summed E-state index contributed by atoms with van der Waals surface area (Å²) in [6.45, 7) is 9.81. The molecule has 1 atom stereocenters. The number of fused-ring (bicyclic) bond motifs is 1. The summed E-state index contributed by atoms with van der Waals surface area (Å²) < 4.78 is 7.76. The van der Waals surface area contributed by atoms with Gasteiger partial charge in [-0.25, -0.2) is 4.98 Å². The van der Waals surface area contributed by atoms with Crippen LogP contribution in [0, 0.1) is 5.92 Å². The largest absolute Gasteiger partial charge is 0.493 e. The second-order valence-corrected chi connectivity index (χ2v) is 10.8. The van der Waals surface area contributed by atoms with E-state index in [2.05, 4.69) is 44.0 Å². The Morgan fingerprint density at radius 1 is 1.25 bits per heavy atom. The normalized spacial score (nSPS) is 20.6. The number of rotatable bonds is 8. The first kappa shape index (κ1) is 23.8. The van der Waals surface area contributed by atoms with Crippen molar-refractivity contribution in [1.29, 1.82) is 0 Å². The quantitative estimate of drug-likeness (QED) is 0.491. The van der Waals surface area contributed by atoms with E-state index >= 15 is 0 Å². The first-order valence-corrected chi connectivity index (χ1v) is 13.7. The van der Waals surface area contributed by atoms with Crippen molar-refractivity contribution in [3.63, 3.8) is 0 Å². The number of carbonyl (C=O) groups is 1. The third-order valence-corrected chi connectivity index (χ3v) is 8.43. The summed E-state index contributed by atoms with van der Waals surface area (Å²) in [5.41, 5.74) is 0.989. The Bertz CT molecular complexity index is 913. The van der Waals surface area contributed by atoms with Crippen LogP contribution in [0.3, 0.4) is 0 Å². The number of ether oxygens (including phenoxy) is 1. The standard InChI is InChI=1S/C24H35BrN4O2S/c1-3-31-21-16-22-20(15-19(21)25)27-24(32-22)29-13-8-18(9-14-29)23(30)26-10-6-12-28-11-5-4-7-17(28)2/h15-18H,3-14H2,1-2H3,(H,26,30)/t17-/m0/s1. The maximum Gasteiger partial charge on any atom is 0.223 e. The summed E-state index contributed by atoms with van der Waals surface area (Å²) in [5.74, 6) is 1.21. The number of anilines is 1. The van der Waals surface area contributed by atoms with Crippen molar-refractivity contribution >= 4 is 48.5 Å². The summed E-state index contributed by atoms with van der Waals surface area (Å²) in [7, 11) is 0. The molecule has 0 bridgehead atoms. The average molecular weight is 524 g/mol. The second-order valence-electron chi connectivity index (χ2n) is 8.97. The SMILES string of the molecule is CCOc1cc2sc(N3CCC(C(=O)NCCCN4CCCC[C@@H]4C)CC3)nc2cc1Br. The van der Waals surface area contributed by atoms with Crippen molar-refractivity contribution in [2.75, 3.05) is 44.2 Å². The summed E-state index contributed by atoms with van der Waals surface area (Å²) >= 11 is 5.28. The number of thiazole rings is 1. The molecule has 1 aromatic heterocycles. The molecule has 32 heavy (non-hydrogen) atoms. The molecule has 4 rings (SSSR count). The van der Waals surface area contributed by atoms with Crippen molar-refractivity contribution in [3.05, 3.63) is 16.6 Å². The third kappa shape index (κ3) is 5.75. The van der Waals surface area contributed by atoms with E-state index in [9.17, 15) is 4.79 Å². The molecule has 8 heteroatoms. The smallest absolute Gasteiger partial charge is 0.223 e. The molecule has 2 fully saturated rings. The van der Waals surface area contributed by atoms with Gasteiger partial charge in [0, 0.05) is 44.2 Å². The first-order valence-electron chi connectivity index (χ1n) is 12.0. The predicted molar refractivity (Wildman–Crippen MR) is 136 cm³/mol. The number of aromatic nitrogens is 1. The zero-order valence-electron chi connectivity index (χ0n) is 19.2. The van der Waals surface area contributed by atoms with E-state index in [1.54, 1.807) is 11.3 Å². The van der Waals surface area contributed by atoms with Gasteiger partial charge in [0.15, 0.2) is 5.13 Å². The number of hydrogen-bond acceptors (Lipinski definition) is 6. The molecule has 1 amide bonds. The zero-order valence-corrected chi connectivity index (χ0v) is 21.6. The molecule has 2 saturated heterocycles. The Morgan fingerprint density at radius 2 is 2.06 bits per heavy atom. The Balaban J connectivity index is 1.23. The van der Waals surface area contributed by atoms with Gasteiger partial charge in [0.2, 0.25) is 5.91 Å². The number of hydrogen-bond donors (Lipinski definition) is 1. The number of piperidine rings is 2. The first-order chi connectivity index (χ1) is 15.5. The molecule has 0 spiro atoms. The number of nitrogens with one attached hydrogen (secondary N) is 1. The van der Waals surface area contributed by atoms with Gasteiger partial charge in [0.1, 0.15) is 5.75 Å². The molecule has 0 saturated carbocycles. The van der Waals surface area contributed by atoms with E-state index in [-0.39, 0.29) is 11.8 Å². The molecule has 1 aromatic carbocycles. The van der Waals surface area contributed by atoms with Gasteiger partial charge in [-0.3, -0.25) is 4.79 Å². The summed E-state index contributed by atoms with van der Waals surface area (Å²) in [6.07, 6.45) is 6.80. The minimum Gasteiger partial charge on any atom is -0.493 e. The maximum atomic E-state index is 12.7. The third-order valence-electron chi connectivity index (χ3n) is 6.73. The predicted octanol–water partition coefficient (Wildman–Crippen LogP) is 5.05. The molecule has 0 radical (unpaired) electrons. The summed E-state index contributed by atoms with van der Waals surface area (Å²) in [6, 6.07) is 4.79. The van der Waals surface area contributed by atoms with Gasteiger partial charge < -0.3 is 19.9 Å². The Morgan fingerprint density at radius 3 is 2.81 bits per heavy atom. The van der Waals surface area contributed by atoms with Crippen LogP contribution in [0.25, 0.3) is 10.2 Å². The van der Waals surface area contributed by atoms with Crippen molar-refractivity contribution in [1.82, 2.24) is 15.2 Å². The lowest BCUT2D eigenvalue weighted by Crippen LogP contribution is -2.42. The van der Waals surface area contributed by atoms with E-state index < -0.39 is 0 Å². The average Bonchev–Trinajstić information content (AvgIpc) is 3.21. The number of amides is 1. The minimum absolute atomic E-state index is 0.119. The van der Waals surface area contributed by atoms with E-state index in [0.29, 0.717) is 12.6 Å². The highest BCUT2D eigenvalue weighted by Gasteiger charge is 2.26. The Kier molecular flexibility index (Phi) is 8.29. The highest BCUT2D eigenvalue weighted by atomic mass is 79.9. The van der Waals surface area contributed by atoms with Gasteiger partial charge in [0.05, 0.1) is 21.3 Å². The fraction of sp³-hybridized carbons (Fsp3) is 0.667. The molecule has 2 aromatic rings. The molecule has 2 aliphatic rings. The topological polar surface area (TPSA) is 57.7 Å². The number of likely N-dealkylation sites (tertiary alicyclic amines) is 1. The van der Waals surface area contributed by atoms with Crippen LogP contribution in [0.1, 0.15) is 52.4 Å². The van der Waals surface area contributed by atoms with Crippen LogP contribution in [0.5, 0.6) is 5.75 Å². The summed E-state index contributed by atoms with van der Waals surface area (Å²) in [5, 5.41) is 4.23. The van der Waals surface area contributed by atoms with Crippen LogP contribution in [0.4, 0.5) is 5.13 Å². The van der Waals surface area contributed by atoms with Crippen LogP contribution >= 0.6 is 27.3 Å². The van der Waals surface area contributed by atoms with Gasteiger partial charge in [-0.2, -0.15) is 0 Å². The van der Waals surface area contributed by atoms with Crippen LogP contribution < -0.4 is 15.0 Å². The minimum atomic E-state index is 0.119. The van der Waals surface area contributed by atoms with Crippen LogP contribution in [0.2, 0.25) is 0 Å². The van der Waals surface area contributed by atoms with Gasteiger partial charge >= 0.3 is 0 Å². The number of carbonyl (C=O) groups excluding carboxylic acids is 1. The Hall–Kier alpha value is -1.38. The van der Waals surface area contributed by atoms with Crippen molar-refractivity contribution < 1.29 is 9.53 Å². The molecule has 176 valence electrons. The lowest BCUT2D eigenvalue weighted by Gasteiger charge is -2.33. The highest BCUT2D eigenvalue weighted by Crippen LogP contribution is 2.37. The summed E-state index contributed by atoms with van der Waals surface area (Å²) in [4.78, 5) is 22.4. The number of nitrogens with zero attached hydrogens (tertiary/aromatic N) is 3. The highest BCUT2D eigenvalue weighted by molar-refractivity contribution is 9.10. The van der Waals surface area contributed by atoms with Crippen LogP contribution in [-0.4, -0.2) is 61.2 Å². The second kappa shape index (κ2) is 11.2. The van der Waals surface area contributed by atoms with Crippen LogP contribution in [-0.2, 0) is 4.79 Å². The van der Waals surface area contributed by atoms with E-state index in [1.165, 1.54) is 25.8 Å². The number of benzene rings is 1. The molecule has 0 aliphatic carbocycles. The molecule has 1 N–H and O–H groups in total. The maximum absolute atomic E-state index is 12.7. The molecular weight excluding hydrogens is 488 g/mol. The fourth-order valence-corrected chi connectivity index (χ4v) is 6.25. The molecular formula is C24H35BrN4O2S. The number of halogens is 1. The van der Waals surface area contributed by atoms with Gasteiger partial charge in [0.25, 0.3) is 0 Å². The molecule has 0 unspecified atom stereocenters. The van der Waals surface area contributed by atoms with Gasteiger partial charge in [-0.1, -0.05) is 17.8 Å². The molecule has 3 heterocycles. The lowest BCUT2D eigenvalue weighted by atomic mass is 9.96. The van der Waals surface area contributed by atoms with Crippen molar-refractivity contribution in [3.8, 4) is 5.75 Å². The van der Waals surface area contributed by atoms with Gasteiger partial charge in [-0.05, 0) is 74.5 Å². The molecule has 6 nitrogen and oxygen atoms in total. The monoisotopic (exact) mass is 522 g/mol. The molecule has 2 aliphatic heterocycles. The van der Waals surface area contributed by atoms with E-state index in [4.69, 9.17) is 9.72 Å². The Labute approximate surface area is 203 Å². The van der Waals surface area contributed by atoms with Crippen molar-refractivity contribution in [2.24, 2.45) is 5.92 Å². The van der Waals surface area contributed by atoms with E-state index in [1.807, 2.05) is 13.0 Å². The lowest BCUT2D eigenvalue weighted by molar-refractivity contribution is -0.125. The van der Waals surface area contributed by atoms with Gasteiger partial charge in [-0.15, -0.1) is 0 Å². The van der Waals surface area contributed by atoms with E-state index in [0.717, 1.165) is 71.0 Å².